The van der Waals surface area contributed by atoms with Gasteiger partial charge in [-0.2, -0.15) is 0 Å². The predicted molar refractivity (Wildman–Crippen MR) is 83.2 cm³/mol. The molecular weight excluding hydrogens is 310 g/mol. The fraction of sp³-hybridized carbons (Fsp3) is 0.214. The summed E-state index contributed by atoms with van der Waals surface area (Å²) in [7, 11) is 0. The summed E-state index contributed by atoms with van der Waals surface area (Å²) >= 11 is 7.24. The van der Waals surface area contributed by atoms with Crippen LogP contribution >= 0.6 is 23.4 Å². The van der Waals surface area contributed by atoms with Crippen molar-refractivity contribution >= 4 is 35.0 Å². The number of anilines is 1. The minimum Gasteiger partial charge on any atom is -0.478 e. The highest BCUT2D eigenvalue weighted by Crippen LogP contribution is 2.36. The van der Waals surface area contributed by atoms with E-state index in [1.54, 1.807) is 0 Å². The Labute approximate surface area is 131 Å². The van der Waals surface area contributed by atoms with Gasteiger partial charge in [0.05, 0.1) is 10.6 Å². The lowest BCUT2D eigenvalue weighted by Crippen LogP contribution is -2.03. The minimum atomic E-state index is -1.09. The molecular formula is C14H14ClN3O2S. The molecule has 0 amide bonds. The fourth-order valence-corrected chi connectivity index (χ4v) is 3.06. The van der Waals surface area contributed by atoms with Crippen molar-refractivity contribution in [2.45, 2.75) is 30.8 Å². The minimum absolute atomic E-state index is 0.0458. The summed E-state index contributed by atoms with van der Waals surface area (Å²) in [5.41, 5.74) is 8.71. The zero-order valence-electron chi connectivity index (χ0n) is 11.8. The Morgan fingerprint density at radius 1 is 1.24 bits per heavy atom. The number of aromatic nitrogens is 2. The van der Waals surface area contributed by atoms with E-state index in [1.807, 2.05) is 20.8 Å². The Kier molecular flexibility index (Phi) is 4.39. The molecule has 0 saturated heterocycles. The molecule has 0 aliphatic heterocycles. The second-order valence-corrected chi connectivity index (χ2v) is 5.97. The van der Waals surface area contributed by atoms with Crippen LogP contribution in [0.4, 0.5) is 5.69 Å². The number of carbonyl (C=O) groups is 1. The Hall–Kier alpha value is -1.79. The van der Waals surface area contributed by atoms with Gasteiger partial charge in [0.25, 0.3) is 0 Å². The van der Waals surface area contributed by atoms with Crippen LogP contribution in [0.25, 0.3) is 0 Å². The maximum atomic E-state index is 11.3. The van der Waals surface area contributed by atoms with Gasteiger partial charge in [-0.3, -0.25) is 0 Å². The molecule has 2 aromatic rings. The largest absolute Gasteiger partial charge is 0.478 e. The van der Waals surface area contributed by atoms with Gasteiger partial charge in [-0.1, -0.05) is 11.6 Å². The van der Waals surface area contributed by atoms with E-state index in [1.165, 1.54) is 12.1 Å². The molecule has 0 bridgehead atoms. The van der Waals surface area contributed by atoms with E-state index >= 15 is 0 Å². The van der Waals surface area contributed by atoms with Crippen molar-refractivity contribution in [3.63, 3.8) is 0 Å². The standard InChI is InChI=1S/C14H14ClN3O2S/c1-6-7(2)17-14(18-8(6)3)21-12-10(13(19)20)4-9(16)5-11(12)15/h4-5H,16H2,1-3H3,(H,19,20). The van der Waals surface area contributed by atoms with Crippen LogP contribution < -0.4 is 5.73 Å². The molecule has 1 heterocycles. The van der Waals surface area contributed by atoms with E-state index in [0.29, 0.717) is 15.7 Å². The van der Waals surface area contributed by atoms with E-state index in [4.69, 9.17) is 17.3 Å². The summed E-state index contributed by atoms with van der Waals surface area (Å²) in [6.45, 7) is 5.71. The fourth-order valence-electron chi connectivity index (χ4n) is 1.76. The summed E-state index contributed by atoms with van der Waals surface area (Å²) < 4.78 is 0. The lowest BCUT2D eigenvalue weighted by Gasteiger charge is -2.10. The van der Waals surface area contributed by atoms with Crippen LogP contribution in [-0.4, -0.2) is 21.0 Å². The van der Waals surface area contributed by atoms with E-state index < -0.39 is 5.97 Å². The van der Waals surface area contributed by atoms with Crippen LogP contribution in [-0.2, 0) is 0 Å². The number of aryl methyl sites for hydroxylation is 2. The van der Waals surface area contributed by atoms with Gasteiger partial charge in [0, 0.05) is 22.0 Å². The number of nitrogens with zero attached hydrogens (tertiary/aromatic N) is 2. The van der Waals surface area contributed by atoms with Crippen molar-refractivity contribution in [2.24, 2.45) is 0 Å². The van der Waals surface area contributed by atoms with Crippen LogP contribution in [0.2, 0.25) is 5.02 Å². The van der Waals surface area contributed by atoms with Gasteiger partial charge in [0.15, 0.2) is 5.16 Å². The van der Waals surface area contributed by atoms with Gasteiger partial charge >= 0.3 is 5.97 Å². The van der Waals surface area contributed by atoms with Gasteiger partial charge in [-0.15, -0.1) is 0 Å². The normalized spacial score (nSPS) is 10.7. The second-order valence-electron chi connectivity index (χ2n) is 4.59. The van der Waals surface area contributed by atoms with Crippen molar-refractivity contribution in [1.29, 1.82) is 0 Å². The average Bonchev–Trinajstić information content (AvgIpc) is 2.38. The number of hydrogen-bond acceptors (Lipinski definition) is 5. The first kappa shape index (κ1) is 15.6. The molecule has 0 atom stereocenters. The molecule has 0 saturated carbocycles. The van der Waals surface area contributed by atoms with Crippen LogP contribution in [0.5, 0.6) is 0 Å². The highest BCUT2D eigenvalue weighted by Gasteiger charge is 2.18. The van der Waals surface area contributed by atoms with Gasteiger partial charge in [-0.25, -0.2) is 14.8 Å². The number of carboxylic acid groups (broad SMARTS) is 1. The van der Waals surface area contributed by atoms with E-state index in [-0.39, 0.29) is 10.6 Å². The number of hydrogen-bond donors (Lipinski definition) is 2. The average molecular weight is 324 g/mol. The summed E-state index contributed by atoms with van der Waals surface area (Å²) in [6.07, 6.45) is 0. The SMILES string of the molecule is Cc1nc(Sc2c(Cl)cc(N)cc2C(=O)O)nc(C)c1C. The van der Waals surface area contributed by atoms with Crippen molar-refractivity contribution in [2.75, 3.05) is 5.73 Å². The molecule has 1 aromatic carbocycles. The molecule has 1 aromatic heterocycles. The number of nitrogens with two attached hydrogens (primary N) is 1. The molecule has 0 spiro atoms. The molecule has 0 fully saturated rings. The van der Waals surface area contributed by atoms with Crippen LogP contribution in [0.3, 0.4) is 0 Å². The summed E-state index contributed by atoms with van der Waals surface area (Å²) in [5, 5.41) is 10.0. The molecule has 5 nitrogen and oxygen atoms in total. The zero-order valence-corrected chi connectivity index (χ0v) is 13.3. The van der Waals surface area contributed by atoms with Gasteiger partial charge in [-0.05, 0) is 50.2 Å². The summed E-state index contributed by atoms with van der Waals surface area (Å²) in [5.74, 6) is -1.09. The molecule has 7 heteroatoms. The molecule has 0 aliphatic rings. The monoisotopic (exact) mass is 323 g/mol. The Bertz CT molecular complexity index is 711. The topological polar surface area (TPSA) is 89.1 Å². The number of benzene rings is 1. The van der Waals surface area contributed by atoms with Gasteiger partial charge in [0.2, 0.25) is 0 Å². The molecule has 2 rings (SSSR count). The molecule has 0 radical (unpaired) electrons. The van der Waals surface area contributed by atoms with Crippen LogP contribution in [0.15, 0.2) is 22.2 Å². The van der Waals surface area contributed by atoms with Crippen molar-refractivity contribution in [3.8, 4) is 0 Å². The molecule has 110 valence electrons. The van der Waals surface area contributed by atoms with Crippen LogP contribution in [0, 0.1) is 20.8 Å². The Balaban J connectivity index is 2.51. The highest BCUT2D eigenvalue weighted by molar-refractivity contribution is 7.99. The number of aromatic carboxylic acids is 1. The maximum Gasteiger partial charge on any atom is 0.336 e. The first-order chi connectivity index (χ1) is 9.79. The molecule has 3 N–H and O–H groups in total. The molecule has 21 heavy (non-hydrogen) atoms. The smallest absolute Gasteiger partial charge is 0.336 e. The quantitative estimate of drug-likeness (QED) is 0.664. The Morgan fingerprint density at radius 3 is 2.33 bits per heavy atom. The van der Waals surface area contributed by atoms with Crippen molar-refractivity contribution in [1.82, 2.24) is 9.97 Å². The first-order valence-corrected chi connectivity index (χ1v) is 7.31. The second kappa shape index (κ2) is 5.91. The summed E-state index contributed by atoms with van der Waals surface area (Å²) in [6, 6.07) is 2.90. The predicted octanol–water partition coefficient (Wildman–Crippen LogP) is 3.49. The van der Waals surface area contributed by atoms with E-state index in [9.17, 15) is 9.90 Å². The number of carboxylic acids is 1. The Morgan fingerprint density at radius 2 is 1.81 bits per heavy atom. The van der Waals surface area contributed by atoms with Crippen LogP contribution in [0.1, 0.15) is 27.3 Å². The maximum absolute atomic E-state index is 11.3. The van der Waals surface area contributed by atoms with Gasteiger partial charge < -0.3 is 10.8 Å². The van der Waals surface area contributed by atoms with E-state index in [0.717, 1.165) is 28.7 Å². The number of rotatable bonds is 3. The third-order valence-corrected chi connectivity index (χ3v) is 4.52. The third-order valence-electron chi connectivity index (χ3n) is 3.10. The lowest BCUT2D eigenvalue weighted by atomic mass is 10.2. The zero-order chi connectivity index (χ0) is 15.7. The summed E-state index contributed by atoms with van der Waals surface area (Å²) in [4.78, 5) is 20.4. The number of halogens is 1. The lowest BCUT2D eigenvalue weighted by molar-refractivity contribution is 0.0693. The van der Waals surface area contributed by atoms with Crippen molar-refractivity contribution in [3.05, 3.63) is 39.7 Å². The third kappa shape index (κ3) is 3.28. The molecule has 0 aliphatic carbocycles. The molecule has 0 unspecified atom stereocenters. The van der Waals surface area contributed by atoms with Crippen molar-refractivity contribution < 1.29 is 9.90 Å². The van der Waals surface area contributed by atoms with Gasteiger partial charge in [0.1, 0.15) is 0 Å². The first-order valence-electron chi connectivity index (χ1n) is 6.11. The highest BCUT2D eigenvalue weighted by atomic mass is 35.5. The van der Waals surface area contributed by atoms with E-state index in [2.05, 4.69) is 9.97 Å². The number of nitrogen functional groups attached to an aromatic ring is 1.